The molecule has 0 spiro atoms. The Hall–Kier alpha value is -2.31. The van der Waals surface area contributed by atoms with E-state index in [-0.39, 0.29) is 11.6 Å². The fourth-order valence-corrected chi connectivity index (χ4v) is 3.16. The normalized spacial score (nSPS) is 29.1. The standard InChI is InChI=1S/C15H16N2O8S/c18-11-13(24-10-8-16-6-7-17-10)12(19)15(26(20,21)22)25-14(11)23-9-4-2-1-3-5-9/h1-8,11-15,18-19H,(H,20,21,22)/t11-,12+,13-,14-,15?/m1/s1. The molecule has 2 heterocycles. The van der Waals surface area contributed by atoms with Crippen molar-refractivity contribution in [2.45, 2.75) is 30.0 Å². The summed E-state index contributed by atoms with van der Waals surface area (Å²) in [6.45, 7) is 0. The van der Waals surface area contributed by atoms with Crippen molar-refractivity contribution < 1.29 is 37.4 Å². The molecule has 0 radical (unpaired) electrons. The summed E-state index contributed by atoms with van der Waals surface area (Å²) in [4.78, 5) is 7.61. The average molecular weight is 384 g/mol. The van der Waals surface area contributed by atoms with Gasteiger partial charge in [0.15, 0.2) is 12.2 Å². The predicted molar refractivity (Wildman–Crippen MR) is 85.7 cm³/mol. The molecule has 1 aromatic heterocycles. The number of nitrogens with zero attached hydrogens (tertiary/aromatic N) is 2. The molecule has 140 valence electrons. The Morgan fingerprint density at radius 1 is 1.04 bits per heavy atom. The van der Waals surface area contributed by atoms with Crippen molar-refractivity contribution in [3.63, 3.8) is 0 Å². The third kappa shape index (κ3) is 4.08. The van der Waals surface area contributed by atoms with Crippen LogP contribution in [0.15, 0.2) is 48.9 Å². The summed E-state index contributed by atoms with van der Waals surface area (Å²) in [5, 5.41) is 20.7. The van der Waals surface area contributed by atoms with Gasteiger partial charge < -0.3 is 24.4 Å². The van der Waals surface area contributed by atoms with E-state index in [1.807, 2.05) is 0 Å². The fourth-order valence-electron chi connectivity index (χ4n) is 2.41. The zero-order valence-corrected chi connectivity index (χ0v) is 14.0. The third-order valence-electron chi connectivity index (χ3n) is 3.58. The van der Waals surface area contributed by atoms with Crippen LogP contribution in [0, 0.1) is 0 Å². The lowest BCUT2D eigenvalue weighted by Gasteiger charge is -2.40. The van der Waals surface area contributed by atoms with E-state index >= 15 is 0 Å². The molecule has 11 heteroatoms. The molecule has 2 aromatic rings. The Labute approximate surface area is 148 Å². The van der Waals surface area contributed by atoms with Gasteiger partial charge in [0.05, 0.1) is 6.20 Å². The Kier molecular flexibility index (Phi) is 5.34. The molecule has 0 saturated carbocycles. The number of aliphatic hydroxyl groups excluding tert-OH is 2. The largest absolute Gasteiger partial charge is 0.467 e. The molecule has 1 fully saturated rings. The molecule has 1 aliphatic heterocycles. The Bertz CT molecular complexity index is 820. The van der Waals surface area contributed by atoms with Crippen molar-refractivity contribution in [1.29, 1.82) is 0 Å². The van der Waals surface area contributed by atoms with Crippen LogP contribution >= 0.6 is 0 Å². The second-order valence-corrected chi connectivity index (χ2v) is 6.92. The monoisotopic (exact) mass is 384 g/mol. The number of hydrogen-bond donors (Lipinski definition) is 3. The SMILES string of the molecule is O=S(=O)(O)C1O[C@@H](Oc2ccccc2)[C@H](O)[C@@H](Oc2cnccn2)[C@@H]1O. The first-order valence-electron chi connectivity index (χ1n) is 7.48. The van der Waals surface area contributed by atoms with E-state index in [9.17, 15) is 23.2 Å². The maximum absolute atomic E-state index is 11.5. The summed E-state index contributed by atoms with van der Waals surface area (Å²) in [6, 6.07) is 8.17. The predicted octanol–water partition coefficient (Wildman–Crippen LogP) is -0.405. The number of hydrogen-bond acceptors (Lipinski definition) is 9. The molecule has 0 bridgehead atoms. The molecular weight excluding hydrogens is 368 g/mol. The number of aliphatic hydroxyl groups is 2. The van der Waals surface area contributed by atoms with Gasteiger partial charge >= 0.3 is 0 Å². The first-order valence-corrected chi connectivity index (χ1v) is 8.99. The van der Waals surface area contributed by atoms with Crippen molar-refractivity contribution in [1.82, 2.24) is 9.97 Å². The van der Waals surface area contributed by atoms with E-state index in [1.165, 1.54) is 18.6 Å². The second kappa shape index (κ2) is 7.51. The van der Waals surface area contributed by atoms with Gasteiger partial charge in [-0.1, -0.05) is 18.2 Å². The van der Waals surface area contributed by atoms with Crippen LogP contribution in [0.25, 0.3) is 0 Å². The smallest absolute Gasteiger partial charge is 0.295 e. The van der Waals surface area contributed by atoms with Crippen LogP contribution in [-0.2, 0) is 14.9 Å². The van der Waals surface area contributed by atoms with Crippen molar-refractivity contribution in [2.75, 3.05) is 0 Å². The molecule has 1 aliphatic rings. The Morgan fingerprint density at radius 2 is 1.77 bits per heavy atom. The maximum atomic E-state index is 11.5. The molecular formula is C15H16N2O8S. The van der Waals surface area contributed by atoms with E-state index < -0.39 is 40.2 Å². The summed E-state index contributed by atoms with van der Waals surface area (Å²) < 4.78 is 48.3. The fraction of sp³-hybridized carbons (Fsp3) is 0.333. The molecule has 0 amide bonds. The first-order chi connectivity index (χ1) is 12.4. The van der Waals surface area contributed by atoms with E-state index in [0.29, 0.717) is 0 Å². The van der Waals surface area contributed by atoms with Crippen LogP contribution in [0.5, 0.6) is 11.6 Å². The van der Waals surface area contributed by atoms with Crippen LogP contribution in [-0.4, -0.2) is 63.2 Å². The summed E-state index contributed by atoms with van der Waals surface area (Å²) in [5.41, 5.74) is -2.08. The van der Waals surface area contributed by atoms with Gasteiger partial charge in [0.2, 0.25) is 17.6 Å². The van der Waals surface area contributed by atoms with Crippen LogP contribution in [0.3, 0.4) is 0 Å². The van der Waals surface area contributed by atoms with Gasteiger partial charge in [0.1, 0.15) is 11.9 Å². The van der Waals surface area contributed by atoms with Crippen LogP contribution in [0.1, 0.15) is 0 Å². The number of ether oxygens (including phenoxy) is 3. The number of rotatable bonds is 5. The Morgan fingerprint density at radius 3 is 2.38 bits per heavy atom. The van der Waals surface area contributed by atoms with Gasteiger partial charge in [0.25, 0.3) is 10.1 Å². The van der Waals surface area contributed by atoms with Gasteiger partial charge in [-0.2, -0.15) is 8.42 Å². The molecule has 10 nitrogen and oxygen atoms in total. The van der Waals surface area contributed by atoms with E-state index in [0.717, 1.165) is 0 Å². The van der Waals surface area contributed by atoms with Crippen molar-refractivity contribution >= 4 is 10.1 Å². The summed E-state index contributed by atoms with van der Waals surface area (Å²) in [5.74, 6) is 0.213. The number of para-hydroxylation sites is 1. The highest BCUT2D eigenvalue weighted by atomic mass is 32.2. The zero-order valence-electron chi connectivity index (χ0n) is 13.2. The lowest BCUT2D eigenvalue weighted by molar-refractivity contribution is -0.249. The lowest BCUT2D eigenvalue weighted by Crippen LogP contribution is -2.62. The van der Waals surface area contributed by atoms with Gasteiger partial charge in [-0.3, -0.25) is 9.54 Å². The molecule has 3 rings (SSSR count). The second-order valence-electron chi connectivity index (χ2n) is 5.43. The minimum Gasteiger partial charge on any atom is -0.467 e. The minimum absolute atomic E-state index is 0.0648. The van der Waals surface area contributed by atoms with Crippen LogP contribution in [0.2, 0.25) is 0 Å². The average Bonchev–Trinajstić information content (AvgIpc) is 2.62. The molecule has 3 N–H and O–H groups in total. The zero-order chi connectivity index (χ0) is 18.7. The highest BCUT2D eigenvalue weighted by Crippen LogP contribution is 2.28. The van der Waals surface area contributed by atoms with Crippen LogP contribution < -0.4 is 9.47 Å². The van der Waals surface area contributed by atoms with Gasteiger partial charge in [-0.15, -0.1) is 0 Å². The third-order valence-corrected chi connectivity index (χ3v) is 4.56. The van der Waals surface area contributed by atoms with Gasteiger partial charge in [-0.25, -0.2) is 4.98 Å². The first kappa shape index (κ1) is 18.5. The molecule has 1 unspecified atom stereocenters. The Balaban J connectivity index is 1.88. The molecule has 26 heavy (non-hydrogen) atoms. The highest BCUT2D eigenvalue weighted by molar-refractivity contribution is 7.86. The van der Waals surface area contributed by atoms with Crippen molar-refractivity contribution in [3.8, 4) is 11.6 Å². The maximum Gasteiger partial charge on any atom is 0.295 e. The number of benzene rings is 1. The van der Waals surface area contributed by atoms with E-state index in [1.54, 1.807) is 30.3 Å². The summed E-state index contributed by atoms with van der Waals surface area (Å²) in [7, 11) is -4.83. The van der Waals surface area contributed by atoms with Gasteiger partial charge in [-0.05, 0) is 12.1 Å². The highest BCUT2D eigenvalue weighted by Gasteiger charge is 2.52. The van der Waals surface area contributed by atoms with Crippen molar-refractivity contribution in [2.24, 2.45) is 0 Å². The number of aromatic nitrogens is 2. The van der Waals surface area contributed by atoms with E-state index in [2.05, 4.69) is 9.97 Å². The topological polar surface area (TPSA) is 148 Å². The quantitative estimate of drug-likeness (QED) is 0.581. The molecule has 1 saturated heterocycles. The summed E-state index contributed by atoms with van der Waals surface area (Å²) in [6.07, 6.45) is -2.64. The minimum atomic E-state index is -4.83. The van der Waals surface area contributed by atoms with Crippen LogP contribution in [0.4, 0.5) is 0 Å². The molecule has 1 aromatic carbocycles. The molecule has 5 atom stereocenters. The van der Waals surface area contributed by atoms with Gasteiger partial charge in [0, 0.05) is 12.4 Å². The van der Waals surface area contributed by atoms with E-state index in [4.69, 9.17) is 14.2 Å². The van der Waals surface area contributed by atoms with Crippen molar-refractivity contribution in [3.05, 3.63) is 48.9 Å². The lowest BCUT2D eigenvalue weighted by atomic mass is 10.0. The molecule has 0 aliphatic carbocycles. The summed E-state index contributed by atoms with van der Waals surface area (Å²) >= 11 is 0.